The van der Waals surface area contributed by atoms with Crippen molar-refractivity contribution in [2.24, 2.45) is 5.92 Å². The summed E-state index contributed by atoms with van der Waals surface area (Å²) in [5, 5.41) is 3.51. The number of rotatable bonds is 4. The molecule has 174 valence electrons. The average Bonchev–Trinajstić information content (AvgIpc) is 2.82. The Morgan fingerprint density at radius 3 is 2.21 bits per heavy atom. The molecule has 3 amide bonds. The van der Waals surface area contributed by atoms with Crippen LogP contribution in [0, 0.1) is 5.92 Å². The molecule has 1 unspecified atom stereocenters. The monoisotopic (exact) mass is 495 g/mol. The molecule has 0 aliphatic carbocycles. The molecule has 6 nitrogen and oxygen atoms in total. The van der Waals surface area contributed by atoms with Gasteiger partial charge in [0.1, 0.15) is 0 Å². The van der Waals surface area contributed by atoms with E-state index in [2.05, 4.69) is 5.32 Å². The zero-order valence-corrected chi connectivity index (χ0v) is 20.2. The van der Waals surface area contributed by atoms with Crippen molar-refractivity contribution in [3.8, 4) is 0 Å². The second-order valence-electron chi connectivity index (χ2n) is 8.37. The highest BCUT2D eigenvalue weighted by Crippen LogP contribution is 2.31. The quantitative estimate of drug-likeness (QED) is 0.543. The minimum absolute atomic E-state index is 0.00789. The summed E-state index contributed by atoms with van der Waals surface area (Å²) in [6.07, 6.45) is 0.593. The number of halogens is 2. The number of para-hydroxylation sites is 1. The van der Waals surface area contributed by atoms with Gasteiger partial charge in [-0.2, -0.15) is 0 Å². The lowest BCUT2D eigenvalue weighted by Gasteiger charge is -2.35. The van der Waals surface area contributed by atoms with Gasteiger partial charge in [0.15, 0.2) is 0 Å². The van der Waals surface area contributed by atoms with E-state index in [1.807, 2.05) is 24.3 Å². The van der Waals surface area contributed by atoms with Gasteiger partial charge in [0, 0.05) is 53.2 Å². The van der Waals surface area contributed by atoms with Crippen LogP contribution in [-0.2, 0) is 11.2 Å². The van der Waals surface area contributed by atoms with Gasteiger partial charge in [-0.3, -0.25) is 14.4 Å². The maximum absolute atomic E-state index is 13.4. The minimum atomic E-state index is -0.363. The standard InChI is InChI=1S/C26H23Cl2N3O3/c1-30(2)25(33)19-11-17-5-3-4-6-23(17)31(15-19)26(34)16-7-9-22(10-8-16)29-24(32)18-12-20(27)14-21(28)13-18/h3-10,12-14,19H,11,15H2,1-2H3,(H,29,32). The third-order valence-corrected chi connectivity index (χ3v) is 6.14. The van der Waals surface area contributed by atoms with E-state index in [1.54, 1.807) is 54.2 Å². The summed E-state index contributed by atoms with van der Waals surface area (Å²) < 4.78 is 0. The number of hydrogen-bond donors (Lipinski definition) is 1. The van der Waals surface area contributed by atoms with E-state index in [0.717, 1.165) is 11.3 Å². The molecule has 3 aromatic rings. The normalized spacial score (nSPS) is 14.8. The van der Waals surface area contributed by atoms with E-state index >= 15 is 0 Å². The molecule has 0 spiro atoms. The van der Waals surface area contributed by atoms with Crippen LogP contribution in [0.1, 0.15) is 26.3 Å². The Labute approximate surface area is 208 Å². The molecule has 0 bridgehead atoms. The number of hydrogen-bond acceptors (Lipinski definition) is 3. The van der Waals surface area contributed by atoms with Crippen LogP contribution in [0.5, 0.6) is 0 Å². The Hall–Kier alpha value is -3.35. The van der Waals surface area contributed by atoms with Gasteiger partial charge in [-0.1, -0.05) is 41.4 Å². The molecular weight excluding hydrogens is 473 g/mol. The molecule has 0 fully saturated rings. The van der Waals surface area contributed by atoms with Gasteiger partial charge >= 0.3 is 0 Å². The van der Waals surface area contributed by atoms with Crippen molar-refractivity contribution in [1.29, 1.82) is 0 Å². The molecule has 0 saturated heterocycles. The molecule has 0 aromatic heterocycles. The number of nitrogens with zero attached hydrogens (tertiary/aromatic N) is 2. The number of nitrogens with one attached hydrogen (secondary N) is 1. The van der Waals surface area contributed by atoms with Crippen LogP contribution >= 0.6 is 23.2 Å². The third kappa shape index (κ3) is 5.08. The molecule has 34 heavy (non-hydrogen) atoms. The highest BCUT2D eigenvalue weighted by molar-refractivity contribution is 6.35. The van der Waals surface area contributed by atoms with Gasteiger partial charge in [-0.25, -0.2) is 0 Å². The first-order valence-electron chi connectivity index (χ1n) is 10.7. The van der Waals surface area contributed by atoms with E-state index in [0.29, 0.717) is 39.8 Å². The Morgan fingerprint density at radius 1 is 0.912 bits per heavy atom. The van der Waals surface area contributed by atoms with Gasteiger partial charge in [-0.05, 0) is 60.5 Å². The molecule has 1 atom stereocenters. The van der Waals surface area contributed by atoms with Gasteiger partial charge in [0.05, 0.1) is 5.92 Å². The molecule has 1 N–H and O–H groups in total. The zero-order valence-electron chi connectivity index (χ0n) is 18.7. The molecule has 1 heterocycles. The van der Waals surface area contributed by atoms with E-state index in [9.17, 15) is 14.4 Å². The largest absolute Gasteiger partial charge is 0.349 e. The number of carbonyl (C=O) groups is 3. The average molecular weight is 496 g/mol. The third-order valence-electron chi connectivity index (χ3n) is 5.70. The SMILES string of the molecule is CN(C)C(=O)C1Cc2ccccc2N(C(=O)c2ccc(NC(=O)c3cc(Cl)cc(Cl)c3)cc2)C1. The summed E-state index contributed by atoms with van der Waals surface area (Å²) in [5.74, 6) is -0.884. The van der Waals surface area contributed by atoms with Crippen molar-refractivity contribution in [1.82, 2.24) is 4.90 Å². The Kier molecular flexibility index (Phi) is 6.91. The fourth-order valence-electron chi connectivity index (χ4n) is 4.06. The molecular formula is C26H23Cl2N3O3. The van der Waals surface area contributed by atoms with E-state index in [1.165, 1.54) is 12.1 Å². The van der Waals surface area contributed by atoms with Crippen LogP contribution in [0.4, 0.5) is 11.4 Å². The summed E-state index contributed by atoms with van der Waals surface area (Å²) >= 11 is 12.0. The lowest BCUT2D eigenvalue weighted by atomic mass is 9.91. The molecule has 0 radical (unpaired) electrons. The van der Waals surface area contributed by atoms with Crippen LogP contribution < -0.4 is 10.2 Å². The van der Waals surface area contributed by atoms with Crippen LogP contribution in [0.15, 0.2) is 66.7 Å². The second kappa shape index (κ2) is 9.87. The van der Waals surface area contributed by atoms with Crippen molar-refractivity contribution < 1.29 is 14.4 Å². The topological polar surface area (TPSA) is 69.7 Å². The summed E-state index contributed by atoms with van der Waals surface area (Å²) in [6.45, 7) is 0.306. The smallest absolute Gasteiger partial charge is 0.258 e. The number of amides is 3. The lowest BCUT2D eigenvalue weighted by molar-refractivity contribution is -0.132. The molecule has 8 heteroatoms. The lowest BCUT2D eigenvalue weighted by Crippen LogP contribution is -2.45. The van der Waals surface area contributed by atoms with Crippen molar-refractivity contribution in [3.63, 3.8) is 0 Å². The van der Waals surface area contributed by atoms with Crippen molar-refractivity contribution in [3.05, 3.63) is 93.5 Å². The highest BCUT2D eigenvalue weighted by atomic mass is 35.5. The number of benzene rings is 3. The van der Waals surface area contributed by atoms with Crippen LogP contribution in [0.25, 0.3) is 0 Å². The van der Waals surface area contributed by atoms with Crippen molar-refractivity contribution in [2.45, 2.75) is 6.42 Å². The van der Waals surface area contributed by atoms with Crippen molar-refractivity contribution in [2.75, 3.05) is 30.9 Å². The Morgan fingerprint density at radius 2 is 1.56 bits per heavy atom. The fraction of sp³-hybridized carbons (Fsp3) is 0.192. The fourth-order valence-corrected chi connectivity index (χ4v) is 4.58. The van der Waals surface area contributed by atoms with Crippen molar-refractivity contribution >= 4 is 52.3 Å². The summed E-state index contributed by atoms with van der Waals surface area (Å²) in [6, 6.07) is 18.9. The van der Waals surface area contributed by atoms with Crippen LogP contribution in [-0.4, -0.2) is 43.3 Å². The van der Waals surface area contributed by atoms with Gasteiger partial charge in [-0.15, -0.1) is 0 Å². The van der Waals surface area contributed by atoms with E-state index < -0.39 is 0 Å². The first-order chi connectivity index (χ1) is 16.2. The predicted octanol–water partition coefficient (Wildman–Crippen LogP) is 5.15. The summed E-state index contributed by atoms with van der Waals surface area (Å²) in [5.41, 5.74) is 3.09. The van der Waals surface area contributed by atoms with Gasteiger partial charge in [0.25, 0.3) is 11.8 Å². The van der Waals surface area contributed by atoms with Gasteiger partial charge < -0.3 is 15.1 Å². The zero-order chi connectivity index (χ0) is 24.4. The summed E-state index contributed by atoms with van der Waals surface area (Å²) in [7, 11) is 3.44. The molecule has 1 aliphatic heterocycles. The maximum atomic E-state index is 13.4. The van der Waals surface area contributed by atoms with E-state index in [4.69, 9.17) is 23.2 Å². The number of carbonyl (C=O) groups excluding carboxylic acids is 3. The molecule has 1 aliphatic rings. The maximum Gasteiger partial charge on any atom is 0.258 e. The first kappa shape index (κ1) is 23.8. The highest BCUT2D eigenvalue weighted by Gasteiger charge is 2.33. The second-order valence-corrected chi connectivity index (χ2v) is 9.24. The predicted molar refractivity (Wildman–Crippen MR) is 135 cm³/mol. The molecule has 0 saturated carbocycles. The van der Waals surface area contributed by atoms with E-state index in [-0.39, 0.29) is 23.6 Å². The van der Waals surface area contributed by atoms with Crippen LogP contribution in [0.3, 0.4) is 0 Å². The Bertz CT molecular complexity index is 1240. The summed E-state index contributed by atoms with van der Waals surface area (Å²) in [4.78, 5) is 41.8. The van der Waals surface area contributed by atoms with Crippen LogP contribution in [0.2, 0.25) is 10.0 Å². The number of fused-ring (bicyclic) bond motifs is 1. The molecule has 3 aromatic carbocycles. The number of anilines is 2. The Balaban J connectivity index is 1.53. The minimum Gasteiger partial charge on any atom is -0.349 e. The van der Waals surface area contributed by atoms with Gasteiger partial charge in [0.2, 0.25) is 5.91 Å². The first-order valence-corrected chi connectivity index (χ1v) is 11.5. The molecule has 4 rings (SSSR count).